The van der Waals surface area contributed by atoms with Crippen LogP contribution in [0.3, 0.4) is 0 Å². The van der Waals surface area contributed by atoms with Gasteiger partial charge in [0.1, 0.15) is 6.04 Å². The number of aryl methyl sites for hydroxylation is 1. The zero-order chi connectivity index (χ0) is 43.1. The van der Waals surface area contributed by atoms with E-state index in [-0.39, 0.29) is 24.8 Å². The molecule has 3 aromatic carbocycles. The third-order valence-corrected chi connectivity index (χ3v) is 12.2. The quantitative estimate of drug-likeness (QED) is 0.150. The third-order valence-electron chi connectivity index (χ3n) is 12.2. The number of hydrogen-bond acceptors (Lipinski definition) is 12. The summed E-state index contributed by atoms with van der Waals surface area (Å²) >= 11 is 0. The first-order valence-corrected chi connectivity index (χ1v) is 21.2. The van der Waals surface area contributed by atoms with Gasteiger partial charge in [0.05, 0.1) is 28.6 Å². The van der Waals surface area contributed by atoms with E-state index in [1.165, 1.54) is 0 Å². The minimum absolute atomic E-state index is 0.0936. The van der Waals surface area contributed by atoms with E-state index in [1.54, 1.807) is 35.4 Å². The Labute approximate surface area is 359 Å². The normalized spacial score (nSPS) is 18.3. The van der Waals surface area contributed by atoms with Crippen molar-refractivity contribution in [2.75, 3.05) is 60.9 Å². The molecular weight excluding hydrogens is 787 g/mol. The van der Waals surface area contributed by atoms with Crippen LogP contribution in [0.15, 0.2) is 85.3 Å². The van der Waals surface area contributed by atoms with Gasteiger partial charge in [-0.2, -0.15) is 5.10 Å². The molecule has 5 amide bonds. The molecule has 9 rings (SSSR count). The number of nitrogens with zero attached hydrogens (tertiary/aromatic N) is 8. The first-order valence-electron chi connectivity index (χ1n) is 21.2. The van der Waals surface area contributed by atoms with Gasteiger partial charge in [-0.3, -0.25) is 43.8 Å². The summed E-state index contributed by atoms with van der Waals surface area (Å²) in [5.41, 5.74) is 7.93. The van der Waals surface area contributed by atoms with Crippen molar-refractivity contribution in [3.05, 3.63) is 113 Å². The Kier molecular flexibility index (Phi) is 11.0. The highest BCUT2D eigenvalue weighted by Crippen LogP contribution is 2.33. The van der Waals surface area contributed by atoms with Gasteiger partial charge in [-0.05, 0) is 92.9 Å². The average Bonchev–Trinajstić information content (AvgIpc) is 3.85. The third kappa shape index (κ3) is 8.25. The van der Waals surface area contributed by atoms with E-state index in [4.69, 9.17) is 4.98 Å². The SMILES string of the molecule is Cc1cc(-c2ccnc(Nc3ccc(N4CCN(CC5CN(c6ccc7c(c6)C(=O)N(C6CCC(=O)NC6=O)C7=O)C5)CC4)cc3)n2)ccc1CNC(=O)c1cnn(C(C)C)c1. The number of nitrogens with one attached hydrogen (secondary N) is 3. The van der Waals surface area contributed by atoms with E-state index in [0.29, 0.717) is 35.1 Å². The number of fused-ring (bicyclic) bond motifs is 1. The Hall–Kier alpha value is -6.94. The maximum atomic E-state index is 13.3. The zero-order valence-corrected chi connectivity index (χ0v) is 35.0. The van der Waals surface area contributed by atoms with Gasteiger partial charge >= 0.3 is 0 Å². The second-order valence-corrected chi connectivity index (χ2v) is 16.8. The Morgan fingerprint density at radius 1 is 0.871 bits per heavy atom. The molecule has 16 heteroatoms. The first kappa shape index (κ1) is 40.5. The summed E-state index contributed by atoms with van der Waals surface area (Å²) in [5.74, 6) is -1.12. The minimum atomic E-state index is -0.969. The molecule has 1 atom stereocenters. The number of imide groups is 2. The molecule has 0 saturated carbocycles. The number of carbonyl (C=O) groups excluding carboxylic acids is 5. The van der Waals surface area contributed by atoms with Crippen LogP contribution in [0.5, 0.6) is 0 Å². The van der Waals surface area contributed by atoms with E-state index in [0.717, 1.165) is 90.2 Å². The molecule has 3 N–H and O–H groups in total. The summed E-state index contributed by atoms with van der Waals surface area (Å²) in [6.45, 7) is 13.0. The van der Waals surface area contributed by atoms with Gasteiger partial charge in [0.15, 0.2) is 0 Å². The van der Waals surface area contributed by atoms with Crippen molar-refractivity contribution < 1.29 is 24.0 Å². The second kappa shape index (κ2) is 16.8. The van der Waals surface area contributed by atoms with Crippen molar-refractivity contribution >= 4 is 52.5 Å². The van der Waals surface area contributed by atoms with Crippen molar-refractivity contribution in [1.29, 1.82) is 0 Å². The number of hydrogen-bond donors (Lipinski definition) is 3. The van der Waals surface area contributed by atoms with Gasteiger partial charge in [-0.1, -0.05) is 12.1 Å². The fraction of sp³-hybridized carbons (Fsp3) is 0.348. The lowest BCUT2D eigenvalue weighted by Gasteiger charge is -2.45. The minimum Gasteiger partial charge on any atom is -0.371 e. The van der Waals surface area contributed by atoms with Gasteiger partial charge < -0.3 is 20.4 Å². The monoisotopic (exact) mass is 835 g/mol. The molecule has 318 valence electrons. The highest BCUT2D eigenvalue weighted by atomic mass is 16.2. The number of benzene rings is 3. The standard InChI is InChI=1S/C46H49N11O5/c1-28(2)56-27-33(23-49-56)42(59)48-22-32-5-4-31(20-29(32)3)39-14-15-47-46(51-39)50-34-6-8-35(9-7-34)54-18-16-53(17-19-54)24-30-25-55(26-30)36-10-11-37-38(21-36)45(62)57(44(37)61)40-12-13-41(58)52-43(40)60/h4-11,14-15,20-21,23,27-28,30,40H,12-13,16-19,22,24-26H2,1-3H3,(H,48,59)(H,47,50,51)(H,52,58,60). The molecule has 3 saturated heterocycles. The molecule has 0 bridgehead atoms. The molecule has 0 aliphatic carbocycles. The van der Waals surface area contributed by atoms with Crippen LogP contribution in [0.1, 0.15) is 74.9 Å². The molecule has 62 heavy (non-hydrogen) atoms. The van der Waals surface area contributed by atoms with Gasteiger partial charge in [-0.25, -0.2) is 9.97 Å². The van der Waals surface area contributed by atoms with E-state index >= 15 is 0 Å². The summed E-state index contributed by atoms with van der Waals surface area (Å²) in [6, 6.07) is 20.9. The summed E-state index contributed by atoms with van der Waals surface area (Å²) < 4.78 is 1.77. The summed E-state index contributed by atoms with van der Waals surface area (Å²) in [7, 11) is 0. The highest BCUT2D eigenvalue weighted by Gasteiger charge is 2.45. The number of carbonyl (C=O) groups is 5. The lowest BCUT2D eigenvalue weighted by molar-refractivity contribution is -0.136. The number of aromatic nitrogens is 4. The van der Waals surface area contributed by atoms with Crippen LogP contribution < -0.4 is 25.8 Å². The van der Waals surface area contributed by atoms with Crippen LogP contribution in [0.4, 0.5) is 23.0 Å². The predicted molar refractivity (Wildman–Crippen MR) is 233 cm³/mol. The Balaban J connectivity index is 0.727. The van der Waals surface area contributed by atoms with Gasteiger partial charge in [-0.15, -0.1) is 0 Å². The van der Waals surface area contributed by atoms with Crippen LogP contribution >= 0.6 is 0 Å². The van der Waals surface area contributed by atoms with E-state index in [9.17, 15) is 24.0 Å². The Morgan fingerprint density at radius 2 is 1.63 bits per heavy atom. The molecule has 16 nitrogen and oxygen atoms in total. The molecule has 3 fully saturated rings. The van der Waals surface area contributed by atoms with E-state index in [1.807, 2.05) is 45.0 Å². The van der Waals surface area contributed by atoms with Crippen molar-refractivity contribution in [3.8, 4) is 11.3 Å². The molecule has 0 spiro atoms. The number of piperazine rings is 1. The molecule has 5 aromatic rings. The molecule has 2 aromatic heterocycles. The highest BCUT2D eigenvalue weighted by molar-refractivity contribution is 6.23. The fourth-order valence-electron chi connectivity index (χ4n) is 8.64. The lowest BCUT2D eigenvalue weighted by Crippen LogP contribution is -2.55. The molecule has 6 heterocycles. The van der Waals surface area contributed by atoms with Crippen LogP contribution in [0.2, 0.25) is 0 Å². The van der Waals surface area contributed by atoms with Crippen molar-refractivity contribution in [1.82, 2.24) is 40.2 Å². The van der Waals surface area contributed by atoms with Crippen LogP contribution in [0.25, 0.3) is 11.3 Å². The topological polar surface area (TPSA) is 178 Å². The largest absolute Gasteiger partial charge is 0.371 e. The van der Waals surface area contributed by atoms with Gasteiger partial charge in [0.25, 0.3) is 17.7 Å². The number of rotatable bonds is 12. The van der Waals surface area contributed by atoms with Crippen molar-refractivity contribution in [2.24, 2.45) is 5.92 Å². The van der Waals surface area contributed by atoms with Crippen LogP contribution in [-0.4, -0.2) is 111 Å². The predicted octanol–water partition coefficient (Wildman–Crippen LogP) is 4.56. The molecular formula is C46H49N11O5. The molecule has 1 unspecified atom stereocenters. The Morgan fingerprint density at radius 3 is 2.35 bits per heavy atom. The zero-order valence-electron chi connectivity index (χ0n) is 35.0. The van der Waals surface area contributed by atoms with E-state index < -0.39 is 29.7 Å². The maximum Gasteiger partial charge on any atom is 0.262 e. The number of anilines is 4. The van der Waals surface area contributed by atoms with Crippen LogP contribution in [0, 0.1) is 12.8 Å². The van der Waals surface area contributed by atoms with E-state index in [2.05, 4.69) is 71.1 Å². The van der Waals surface area contributed by atoms with Crippen molar-refractivity contribution in [2.45, 2.75) is 52.2 Å². The average molecular weight is 836 g/mol. The maximum absolute atomic E-state index is 13.3. The lowest BCUT2D eigenvalue weighted by atomic mass is 9.97. The fourth-order valence-corrected chi connectivity index (χ4v) is 8.64. The smallest absolute Gasteiger partial charge is 0.262 e. The number of amides is 5. The molecule has 0 radical (unpaired) electrons. The van der Waals surface area contributed by atoms with Gasteiger partial charge in [0.2, 0.25) is 17.8 Å². The summed E-state index contributed by atoms with van der Waals surface area (Å²) in [4.78, 5) is 80.5. The van der Waals surface area contributed by atoms with Gasteiger partial charge in [0, 0.05) is 106 Å². The number of piperidine rings is 1. The molecule has 4 aliphatic heterocycles. The Bertz CT molecular complexity index is 2560. The molecule has 4 aliphatic rings. The summed E-state index contributed by atoms with van der Waals surface area (Å²) in [6.07, 6.45) is 5.34. The van der Waals surface area contributed by atoms with Crippen LogP contribution in [-0.2, 0) is 16.1 Å². The van der Waals surface area contributed by atoms with Crippen molar-refractivity contribution in [3.63, 3.8) is 0 Å². The second-order valence-electron chi connectivity index (χ2n) is 16.8. The first-order chi connectivity index (χ1) is 30.0. The summed E-state index contributed by atoms with van der Waals surface area (Å²) in [5, 5.41) is 12.9.